The molecule has 5 heteroatoms. The molecule has 2 rings (SSSR count). The fraction of sp³-hybridized carbons (Fsp3) is 0.571. The van der Waals surface area contributed by atoms with E-state index in [9.17, 15) is 4.39 Å². The normalized spacial score (nSPS) is 25.1. The lowest BCUT2D eigenvalue weighted by molar-refractivity contribution is 0.337. The van der Waals surface area contributed by atoms with E-state index in [1.807, 2.05) is 0 Å². The van der Waals surface area contributed by atoms with Gasteiger partial charge in [-0.1, -0.05) is 0 Å². The zero-order chi connectivity index (χ0) is 13.9. The summed E-state index contributed by atoms with van der Waals surface area (Å²) in [6, 6.07) is 5.02. The van der Waals surface area contributed by atoms with Gasteiger partial charge < -0.3 is 16.0 Å². The molecule has 0 saturated carbocycles. The largest absolute Gasteiger partial charge is 0.378 e. The molecule has 3 N–H and O–H groups in total. The molecule has 1 heterocycles. The molecule has 1 aromatic rings. The Labute approximate surface area is 122 Å². The number of nitrogens with zero attached hydrogens (tertiary/aromatic N) is 1. The average molecular weight is 330 g/mol. The van der Waals surface area contributed by atoms with Crippen molar-refractivity contribution in [1.82, 2.24) is 4.90 Å². The zero-order valence-electron chi connectivity index (χ0n) is 11.3. The van der Waals surface area contributed by atoms with Crippen LogP contribution in [0.5, 0.6) is 0 Å². The molecule has 1 aromatic carbocycles. The van der Waals surface area contributed by atoms with Crippen LogP contribution in [0.2, 0.25) is 0 Å². The van der Waals surface area contributed by atoms with Gasteiger partial charge in [0.05, 0.1) is 10.0 Å². The summed E-state index contributed by atoms with van der Waals surface area (Å²) in [6.07, 6.45) is 3.18. The van der Waals surface area contributed by atoms with Crippen molar-refractivity contribution in [3.63, 3.8) is 0 Å². The predicted octanol–water partition coefficient (Wildman–Crippen LogP) is 2.81. The standard InChI is InChI=1S/C14H21BrFN3/c1-19-7-2-5-14(10-17,6-8-19)18-11-3-4-13(16)12(15)9-11/h3-4,9,18H,2,5-8,10,17H2,1H3. The Morgan fingerprint density at radius 1 is 1.42 bits per heavy atom. The van der Waals surface area contributed by atoms with E-state index >= 15 is 0 Å². The van der Waals surface area contributed by atoms with Crippen LogP contribution >= 0.6 is 15.9 Å². The highest BCUT2D eigenvalue weighted by atomic mass is 79.9. The van der Waals surface area contributed by atoms with Crippen LogP contribution in [0.15, 0.2) is 22.7 Å². The van der Waals surface area contributed by atoms with Gasteiger partial charge in [0.25, 0.3) is 0 Å². The molecule has 0 aromatic heterocycles. The summed E-state index contributed by atoms with van der Waals surface area (Å²) in [5, 5.41) is 3.52. The molecule has 0 radical (unpaired) electrons. The minimum Gasteiger partial charge on any atom is -0.378 e. The van der Waals surface area contributed by atoms with Crippen LogP contribution in [0.4, 0.5) is 10.1 Å². The van der Waals surface area contributed by atoms with Crippen molar-refractivity contribution in [2.24, 2.45) is 5.73 Å². The number of nitrogens with one attached hydrogen (secondary N) is 1. The van der Waals surface area contributed by atoms with Crippen molar-refractivity contribution in [1.29, 1.82) is 0 Å². The van der Waals surface area contributed by atoms with Crippen LogP contribution in [0.1, 0.15) is 19.3 Å². The van der Waals surface area contributed by atoms with Crippen LogP contribution in [-0.4, -0.2) is 37.1 Å². The Morgan fingerprint density at radius 3 is 2.89 bits per heavy atom. The monoisotopic (exact) mass is 329 g/mol. The molecule has 19 heavy (non-hydrogen) atoms. The summed E-state index contributed by atoms with van der Waals surface area (Å²) in [5.74, 6) is -0.243. The Bertz CT molecular complexity index is 441. The number of hydrogen-bond acceptors (Lipinski definition) is 3. The summed E-state index contributed by atoms with van der Waals surface area (Å²) in [6.45, 7) is 2.74. The molecule has 0 aliphatic carbocycles. The number of hydrogen-bond donors (Lipinski definition) is 2. The van der Waals surface area contributed by atoms with E-state index < -0.39 is 0 Å². The molecular formula is C14H21BrFN3. The van der Waals surface area contributed by atoms with Gasteiger partial charge in [-0.15, -0.1) is 0 Å². The van der Waals surface area contributed by atoms with Gasteiger partial charge in [-0.3, -0.25) is 0 Å². The molecule has 106 valence electrons. The van der Waals surface area contributed by atoms with Crippen molar-refractivity contribution in [3.05, 3.63) is 28.5 Å². The second-order valence-electron chi connectivity index (χ2n) is 5.40. The Kier molecular flexibility index (Phi) is 4.81. The van der Waals surface area contributed by atoms with Gasteiger partial charge in [0, 0.05) is 18.8 Å². The van der Waals surface area contributed by atoms with E-state index in [-0.39, 0.29) is 11.4 Å². The molecule has 1 aliphatic rings. The topological polar surface area (TPSA) is 41.3 Å². The number of rotatable bonds is 3. The first-order chi connectivity index (χ1) is 9.04. The van der Waals surface area contributed by atoms with E-state index in [0.29, 0.717) is 11.0 Å². The summed E-state index contributed by atoms with van der Waals surface area (Å²) in [4.78, 5) is 2.33. The summed E-state index contributed by atoms with van der Waals surface area (Å²) in [5.41, 5.74) is 6.84. The molecule has 1 unspecified atom stereocenters. The lowest BCUT2D eigenvalue weighted by Gasteiger charge is -2.34. The van der Waals surface area contributed by atoms with Crippen LogP contribution < -0.4 is 11.1 Å². The number of nitrogens with two attached hydrogens (primary N) is 1. The van der Waals surface area contributed by atoms with Gasteiger partial charge in [-0.2, -0.15) is 0 Å². The second-order valence-corrected chi connectivity index (χ2v) is 6.25. The molecule has 1 saturated heterocycles. The molecule has 0 amide bonds. The van der Waals surface area contributed by atoms with Gasteiger partial charge in [0.1, 0.15) is 5.82 Å². The van der Waals surface area contributed by atoms with Gasteiger partial charge in [0.2, 0.25) is 0 Å². The second kappa shape index (κ2) is 6.20. The summed E-state index contributed by atoms with van der Waals surface area (Å²) in [7, 11) is 2.14. The lowest BCUT2D eigenvalue weighted by atomic mass is 9.90. The Morgan fingerprint density at radius 2 is 2.21 bits per heavy atom. The maximum absolute atomic E-state index is 13.3. The molecule has 1 aliphatic heterocycles. The lowest BCUT2D eigenvalue weighted by Crippen LogP contribution is -2.46. The first kappa shape index (κ1) is 14.8. The van der Waals surface area contributed by atoms with Crippen LogP contribution in [0.3, 0.4) is 0 Å². The summed E-state index contributed by atoms with van der Waals surface area (Å²) >= 11 is 3.22. The SMILES string of the molecule is CN1CCCC(CN)(Nc2ccc(F)c(Br)c2)CC1. The fourth-order valence-electron chi connectivity index (χ4n) is 2.59. The van der Waals surface area contributed by atoms with Crippen LogP contribution in [0.25, 0.3) is 0 Å². The Balaban J connectivity index is 2.15. The van der Waals surface area contributed by atoms with E-state index in [0.717, 1.165) is 38.0 Å². The number of anilines is 1. The minimum absolute atomic E-state index is 0.0813. The smallest absolute Gasteiger partial charge is 0.137 e. The molecular weight excluding hydrogens is 309 g/mol. The van der Waals surface area contributed by atoms with E-state index in [1.165, 1.54) is 6.07 Å². The quantitative estimate of drug-likeness (QED) is 0.895. The predicted molar refractivity (Wildman–Crippen MR) is 80.9 cm³/mol. The summed E-state index contributed by atoms with van der Waals surface area (Å²) < 4.78 is 13.7. The van der Waals surface area contributed by atoms with E-state index in [4.69, 9.17) is 5.73 Å². The third kappa shape index (κ3) is 3.68. The van der Waals surface area contributed by atoms with Crippen molar-refractivity contribution in [3.8, 4) is 0 Å². The minimum atomic E-state index is -0.243. The van der Waals surface area contributed by atoms with Crippen molar-refractivity contribution in [2.75, 3.05) is 32.0 Å². The average Bonchev–Trinajstić information content (AvgIpc) is 2.57. The maximum atomic E-state index is 13.3. The van der Waals surface area contributed by atoms with Crippen LogP contribution in [0, 0.1) is 5.82 Å². The van der Waals surface area contributed by atoms with Crippen molar-refractivity contribution < 1.29 is 4.39 Å². The highest BCUT2D eigenvalue weighted by molar-refractivity contribution is 9.10. The molecule has 3 nitrogen and oxygen atoms in total. The van der Waals surface area contributed by atoms with E-state index in [1.54, 1.807) is 12.1 Å². The fourth-order valence-corrected chi connectivity index (χ4v) is 2.97. The van der Waals surface area contributed by atoms with E-state index in [2.05, 4.69) is 33.2 Å². The third-order valence-electron chi connectivity index (χ3n) is 3.89. The molecule has 0 bridgehead atoms. The van der Waals surface area contributed by atoms with Gasteiger partial charge in [-0.25, -0.2) is 4.39 Å². The molecule has 1 fully saturated rings. The van der Waals surface area contributed by atoms with Gasteiger partial charge in [-0.05, 0) is 67.0 Å². The third-order valence-corrected chi connectivity index (χ3v) is 4.49. The van der Waals surface area contributed by atoms with Gasteiger partial charge >= 0.3 is 0 Å². The number of benzene rings is 1. The number of likely N-dealkylation sites (tertiary alicyclic amines) is 1. The van der Waals surface area contributed by atoms with Crippen molar-refractivity contribution in [2.45, 2.75) is 24.8 Å². The highest BCUT2D eigenvalue weighted by Gasteiger charge is 2.30. The first-order valence-corrected chi connectivity index (χ1v) is 7.46. The highest BCUT2D eigenvalue weighted by Crippen LogP contribution is 2.28. The first-order valence-electron chi connectivity index (χ1n) is 6.66. The Hall–Kier alpha value is -0.650. The van der Waals surface area contributed by atoms with Crippen molar-refractivity contribution >= 4 is 21.6 Å². The maximum Gasteiger partial charge on any atom is 0.137 e. The molecule has 0 spiro atoms. The molecule has 1 atom stereocenters. The zero-order valence-corrected chi connectivity index (χ0v) is 12.8. The van der Waals surface area contributed by atoms with Gasteiger partial charge in [0.15, 0.2) is 0 Å². The van der Waals surface area contributed by atoms with Crippen LogP contribution in [-0.2, 0) is 0 Å². The number of halogens is 2.